The van der Waals surface area contributed by atoms with E-state index in [1.54, 1.807) is 30.5 Å². The van der Waals surface area contributed by atoms with E-state index in [9.17, 15) is 13.2 Å². The molecule has 140 valence electrons. The maximum absolute atomic E-state index is 12.7. The molecule has 26 heavy (non-hydrogen) atoms. The Balaban J connectivity index is 1.79. The Morgan fingerprint density at radius 3 is 2.54 bits per heavy atom. The van der Waals surface area contributed by atoms with Gasteiger partial charge in [-0.05, 0) is 43.5 Å². The molecule has 0 spiro atoms. The summed E-state index contributed by atoms with van der Waals surface area (Å²) in [5, 5.41) is 2.07. The molecular formula is C18H21ClN2O3S2. The normalized spacial score (nSPS) is 15.5. The van der Waals surface area contributed by atoms with Crippen LogP contribution in [0.2, 0.25) is 5.02 Å². The Kier molecular flexibility index (Phi) is 5.89. The van der Waals surface area contributed by atoms with E-state index >= 15 is 0 Å². The SMILES string of the molecule is Cc1ccc(Cl)cc1NS(=O)(=O)c1cc(C(=O)N2CCCCCC2)cs1. The average molecular weight is 413 g/mol. The van der Waals surface area contributed by atoms with E-state index in [0.29, 0.717) is 16.3 Å². The fourth-order valence-electron chi connectivity index (χ4n) is 2.93. The first-order valence-electron chi connectivity index (χ1n) is 8.53. The number of sulfonamides is 1. The maximum atomic E-state index is 12.7. The molecule has 8 heteroatoms. The first kappa shape index (κ1) is 19.2. The number of anilines is 1. The summed E-state index contributed by atoms with van der Waals surface area (Å²) < 4.78 is 28.0. The van der Waals surface area contributed by atoms with Crippen molar-refractivity contribution in [2.24, 2.45) is 0 Å². The van der Waals surface area contributed by atoms with E-state index in [0.717, 1.165) is 55.7 Å². The van der Waals surface area contributed by atoms with Gasteiger partial charge in [-0.25, -0.2) is 8.42 Å². The molecule has 1 saturated heterocycles. The van der Waals surface area contributed by atoms with Crippen LogP contribution in [0.15, 0.2) is 33.9 Å². The third kappa shape index (κ3) is 4.39. The van der Waals surface area contributed by atoms with Crippen LogP contribution in [0.4, 0.5) is 5.69 Å². The minimum atomic E-state index is -3.76. The number of nitrogens with one attached hydrogen (secondary N) is 1. The molecule has 1 amide bonds. The number of hydrogen-bond acceptors (Lipinski definition) is 4. The van der Waals surface area contributed by atoms with E-state index in [1.165, 1.54) is 6.07 Å². The van der Waals surface area contributed by atoms with Gasteiger partial charge in [0.05, 0.1) is 11.3 Å². The van der Waals surface area contributed by atoms with Crippen LogP contribution in [0.3, 0.4) is 0 Å². The van der Waals surface area contributed by atoms with Crippen LogP contribution >= 0.6 is 22.9 Å². The smallest absolute Gasteiger partial charge is 0.271 e. The zero-order valence-electron chi connectivity index (χ0n) is 14.5. The third-order valence-electron chi connectivity index (χ3n) is 4.42. The molecule has 1 aliphatic rings. The number of likely N-dealkylation sites (tertiary alicyclic amines) is 1. The molecule has 0 atom stereocenters. The summed E-state index contributed by atoms with van der Waals surface area (Å²) in [6.45, 7) is 3.27. The highest BCUT2D eigenvalue weighted by atomic mass is 35.5. The highest BCUT2D eigenvalue weighted by Gasteiger charge is 2.23. The number of carbonyl (C=O) groups excluding carboxylic acids is 1. The summed E-state index contributed by atoms with van der Waals surface area (Å²) in [7, 11) is -3.76. The Morgan fingerprint density at radius 2 is 1.85 bits per heavy atom. The number of hydrogen-bond donors (Lipinski definition) is 1. The molecule has 2 heterocycles. The van der Waals surface area contributed by atoms with E-state index < -0.39 is 10.0 Å². The molecule has 3 rings (SSSR count). The van der Waals surface area contributed by atoms with Crippen LogP contribution in [0.1, 0.15) is 41.6 Å². The molecule has 1 N–H and O–H groups in total. The monoisotopic (exact) mass is 412 g/mol. The van der Waals surface area contributed by atoms with Gasteiger partial charge in [0, 0.05) is 23.5 Å². The average Bonchev–Trinajstić information content (AvgIpc) is 2.95. The molecule has 1 aromatic carbocycles. The van der Waals surface area contributed by atoms with Gasteiger partial charge in [-0.3, -0.25) is 9.52 Å². The van der Waals surface area contributed by atoms with Gasteiger partial charge in [0.2, 0.25) is 0 Å². The lowest BCUT2D eigenvalue weighted by atomic mass is 10.2. The molecule has 0 bridgehead atoms. The van der Waals surface area contributed by atoms with Crippen molar-refractivity contribution in [1.29, 1.82) is 0 Å². The highest BCUT2D eigenvalue weighted by molar-refractivity contribution is 7.94. The van der Waals surface area contributed by atoms with E-state index in [1.807, 2.05) is 4.90 Å². The summed E-state index contributed by atoms with van der Waals surface area (Å²) in [4.78, 5) is 14.5. The number of benzene rings is 1. The molecule has 0 aliphatic carbocycles. The zero-order chi connectivity index (χ0) is 18.7. The Morgan fingerprint density at radius 1 is 1.15 bits per heavy atom. The van der Waals surface area contributed by atoms with Crippen LogP contribution in [0.25, 0.3) is 0 Å². The first-order chi connectivity index (χ1) is 12.4. The van der Waals surface area contributed by atoms with Gasteiger partial charge in [-0.1, -0.05) is 30.5 Å². The summed E-state index contributed by atoms with van der Waals surface area (Å²) >= 11 is 7.01. The van der Waals surface area contributed by atoms with Crippen LogP contribution in [0.5, 0.6) is 0 Å². The second-order valence-corrected chi connectivity index (χ2v) is 9.68. The molecule has 0 saturated carbocycles. The van der Waals surface area contributed by atoms with Gasteiger partial charge >= 0.3 is 0 Å². The van der Waals surface area contributed by atoms with Crippen molar-refractivity contribution in [1.82, 2.24) is 4.90 Å². The van der Waals surface area contributed by atoms with Gasteiger partial charge in [0.15, 0.2) is 0 Å². The van der Waals surface area contributed by atoms with Crippen molar-refractivity contribution in [3.63, 3.8) is 0 Å². The lowest BCUT2D eigenvalue weighted by molar-refractivity contribution is 0.0762. The quantitative estimate of drug-likeness (QED) is 0.802. The molecule has 1 fully saturated rings. The van der Waals surface area contributed by atoms with Crippen molar-refractivity contribution < 1.29 is 13.2 Å². The molecule has 0 unspecified atom stereocenters. The predicted octanol–water partition coefficient (Wildman–Crippen LogP) is 4.53. The molecular weight excluding hydrogens is 392 g/mol. The first-order valence-corrected chi connectivity index (χ1v) is 11.3. The number of thiophene rings is 1. The number of amides is 1. The highest BCUT2D eigenvalue weighted by Crippen LogP contribution is 2.27. The van der Waals surface area contributed by atoms with Crippen molar-refractivity contribution >= 4 is 44.6 Å². The van der Waals surface area contributed by atoms with Crippen molar-refractivity contribution in [2.45, 2.75) is 36.8 Å². The van der Waals surface area contributed by atoms with Gasteiger partial charge in [-0.2, -0.15) is 0 Å². The fraction of sp³-hybridized carbons (Fsp3) is 0.389. The Hall–Kier alpha value is -1.57. The number of carbonyl (C=O) groups is 1. The van der Waals surface area contributed by atoms with Crippen molar-refractivity contribution in [3.8, 4) is 0 Å². The van der Waals surface area contributed by atoms with Crippen LogP contribution in [0, 0.1) is 6.92 Å². The minimum absolute atomic E-state index is 0.0939. The Labute approximate surface area is 163 Å². The minimum Gasteiger partial charge on any atom is -0.339 e. The molecule has 0 radical (unpaired) electrons. The topological polar surface area (TPSA) is 66.5 Å². The summed E-state index contributed by atoms with van der Waals surface area (Å²) in [6, 6.07) is 6.49. The van der Waals surface area contributed by atoms with Crippen molar-refractivity contribution in [2.75, 3.05) is 17.8 Å². The van der Waals surface area contributed by atoms with Gasteiger partial charge in [-0.15, -0.1) is 11.3 Å². The summed E-state index contributed by atoms with van der Waals surface area (Å²) in [5.41, 5.74) is 1.64. The number of halogens is 1. The van der Waals surface area contributed by atoms with Gasteiger partial charge in [0.25, 0.3) is 15.9 Å². The van der Waals surface area contributed by atoms with E-state index in [4.69, 9.17) is 11.6 Å². The number of rotatable bonds is 4. The van der Waals surface area contributed by atoms with Gasteiger partial charge in [0.1, 0.15) is 4.21 Å². The molecule has 1 aliphatic heterocycles. The van der Waals surface area contributed by atoms with E-state index in [2.05, 4.69) is 4.72 Å². The maximum Gasteiger partial charge on any atom is 0.271 e. The second-order valence-electron chi connectivity index (χ2n) is 6.43. The number of nitrogens with zero attached hydrogens (tertiary/aromatic N) is 1. The van der Waals surface area contributed by atoms with Gasteiger partial charge < -0.3 is 4.90 Å². The molecule has 1 aromatic heterocycles. The largest absolute Gasteiger partial charge is 0.339 e. The second kappa shape index (κ2) is 7.98. The zero-order valence-corrected chi connectivity index (χ0v) is 16.9. The lowest BCUT2D eigenvalue weighted by Crippen LogP contribution is -2.31. The van der Waals surface area contributed by atoms with E-state index in [-0.39, 0.29) is 10.1 Å². The van der Waals surface area contributed by atoms with Crippen LogP contribution in [-0.2, 0) is 10.0 Å². The lowest BCUT2D eigenvalue weighted by Gasteiger charge is -2.19. The van der Waals surface area contributed by atoms with Crippen LogP contribution < -0.4 is 4.72 Å². The summed E-state index contributed by atoms with van der Waals surface area (Å²) in [6.07, 6.45) is 4.26. The summed E-state index contributed by atoms with van der Waals surface area (Å²) in [5.74, 6) is -0.0939. The molecule has 5 nitrogen and oxygen atoms in total. The fourth-order valence-corrected chi connectivity index (χ4v) is 5.37. The van der Waals surface area contributed by atoms with Crippen molar-refractivity contribution in [3.05, 3.63) is 45.8 Å². The number of aryl methyl sites for hydroxylation is 1. The standard InChI is InChI=1S/C18H21ClN2O3S2/c1-13-6-7-15(19)11-16(13)20-26(23,24)17-10-14(12-25-17)18(22)21-8-4-2-3-5-9-21/h6-7,10-12,20H,2-5,8-9H2,1H3. The van der Waals surface area contributed by atoms with Crippen LogP contribution in [-0.4, -0.2) is 32.3 Å². The third-order valence-corrected chi connectivity index (χ3v) is 7.46. The predicted molar refractivity (Wildman–Crippen MR) is 106 cm³/mol. The molecule has 2 aromatic rings. The Bertz CT molecular complexity index is 901.